The number of hydrogen-bond acceptors (Lipinski definition) is 5. The number of carbonyl (C=O) groups excluding carboxylic acids is 1. The maximum absolute atomic E-state index is 11.6. The third-order valence-electron chi connectivity index (χ3n) is 4.56. The van der Waals surface area contributed by atoms with E-state index in [1.165, 1.54) is 0 Å². The number of carbonyl (C=O) groups is 1. The molecule has 0 spiro atoms. The minimum atomic E-state index is -0.532. The first kappa shape index (κ1) is 18.4. The second kappa shape index (κ2) is 8.82. The summed E-state index contributed by atoms with van der Waals surface area (Å²) >= 11 is 0. The summed E-state index contributed by atoms with van der Waals surface area (Å²) in [4.78, 5) is 19.5. The van der Waals surface area contributed by atoms with Gasteiger partial charge in [0.1, 0.15) is 12.4 Å². The van der Waals surface area contributed by atoms with Gasteiger partial charge in [-0.25, -0.2) is 4.98 Å². The molecule has 1 atom stereocenters. The summed E-state index contributed by atoms with van der Waals surface area (Å²) in [5.41, 5.74) is 1.08. The van der Waals surface area contributed by atoms with Gasteiger partial charge in [-0.2, -0.15) is 0 Å². The molecule has 1 aromatic heterocycles. The Kier molecular flexibility index (Phi) is 6.25. The van der Waals surface area contributed by atoms with E-state index in [4.69, 9.17) is 4.74 Å². The standard InChI is InChI=1S/C19H26N4O3/c1-16(24)23-9-8-22(13-18(25)14-23)12-17-4-2-3-5-19(17)26-11-10-21-7-6-20-15-21/h2-7,15,18,25H,8-14H2,1H3/t18-/m1/s1. The maximum Gasteiger partial charge on any atom is 0.219 e. The molecule has 0 radical (unpaired) electrons. The van der Waals surface area contributed by atoms with Crippen molar-refractivity contribution >= 4 is 5.91 Å². The van der Waals surface area contributed by atoms with Crippen LogP contribution in [0.25, 0.3) is 0 Å². The Bertz CT molecular complexity index is 705. The first-order valence-corrected chi connectivity index (χ1v) is 8.94. The molecule has 0 unspecified atom stereocenters. The number of para-hydroxylation sites is 1. The normalized spacial score (nSPS) is 18.5. The van der Waals surface area contributed by atoms with Crippen molar-refractivity contribution in [3.8, 4) is 5.75 Å². The Hall–Kier alpha value is -2.38. The van der Waals surface area contributed by atoms with E-state index in [0.29, 0.717) is 32.8 Å². The maximum atomic E-state index is 11.6. The van der Waals surface area contributed by atoms with E-state index in [9.17, 15) is 9.90 Å². The summed E-state index contributed by atoms with van der Waals surface area (Å²) < 4.78 is 7.94. The third-order valence-corrected chi connectivity index (χ3v) is 4.56. The van der Waals surface area contributed by atoms with E-state index in [1.807, 2.05) is 35.0 Å². The van der Waals surface area contributed by atoms with Crippen LogP contribution >= 0.6 is 0 Å². The number of hydrogen-bond donors (Lipinski definition) is 1. The zero-order valence-corrected chi connectivity index (χ0v) is 15.1. The first-order valence-electron chi connectivity index (χ1n) is 8.94. The fourth-order valence-electron chi connectivity index (χ4n) is 3.18. The van der Waals surface area contributed by atoms with Gasteiger partial charge in [-0.3, -0.25) is 9.69 Å². The molecule has 2 heterocycles. The molecule has 7 heteroatoms. The lowest BCUT2D eigenvalue weighted by molar-refractivity contribution is -0.129. The minimum absolute atomic E-state index is 0.00846. The topological polar surface area (TPSA) is 70.8 Å². The number of aromatic nitrogens is 2. The van der Waals surface area contributed by atoms with Crippen LogP contribution in [-0.2, 0) is 17.9 Å². The Morgan fingerprint density at radius 2 is 2.15 bits per heavy atom. The van der Waals surface area contributed by atoms with Gasteiger partial charge in [0.15, 0.2) is 0 Å². The van der Waals surface area contributed by atoms with Crippen molar-refractivity contribution in [2.45, 2.75) is 26.1 Å². The van der Waals surface area contributed by atoms with Crippen LogP contribution in [0.5, 0.6) is 5.75 Å². The number of rotatable bonds is 6. The highest BCUT2D eigenvalue weighted by Crippen LogP contribution is 2.21. The van der Waals surface area contributed by atoms with Gasteiger partial charge < -0.3 is 19.3 Å². The first-order chi connectivity index (χ1) is 12.6. The van der Waals surface area contributed by atoms with Gasteiger partial charge in [0.25, 0.3) is 0 Å². The van der Waals surface area contributed by atoms with Crippen LogP contribution in [0.4, 0.5) is 0 Å². The van der Waals surface area contributed by atoms with E-state index in [-0.39, 0.29) is 5.91 Å². The number of amides is 1. The fraction of sp³-hybridized carbons (Fsp3) is 0.474. The SMILES string of the molecule is CC(=O)N1CCN(Cc2ccccc2OCCn2ccnc2)C[C@@H](O)C1. The van der Waals surface area contributed by atoms with E-state index in [0.717, 1.165) is 24.4 Å². The van der Waals surface area contributed by atoms with Gasteiger partial charge in [0.2, 0.25) is 5.91 Å². The summed E-state index contributed by atoms with van der Waals surface area (Å²) in [6, 6.07) is 7.98. The highest BCUT2D eigenvalue weighted by Gasteiger charge is 2.23. The minimum Gasteiger partial charge on any atom is -0.491 e. The number of ether oxygens (including phenoxy) is 1. The quantitative estimate of drug-likeness (QED) is 0.834. The number of nitrogens with zero attached hydrogens (tertiary/aromatic N) is 4. The van der Waals surface area contributed by atoms with Crippen molar-refractivity contribution in [1.82, 2.24) is 19.4 Å². The van der Waals surface area contributed by atoms with Crippen LogP contribution in [0.1, 0.15) is 12.5 Å². The van der Waals surface area contributed by atoms with Crippen molar-refractivity contribution in [2.24, 2.45) is 0 Å². The molecule has 0 aliphatic carbocycles. The Balaban J connectivity index is 1.59. The van der Waals surface area contributed by atoms with E-state index < -0.39 is 6.10 Å². The average molecular weight is 358 g/mol. The number of imidazole rings is 1. The van der Waals surface area contributed by atoms with Gasteiger partial charge in [0, 0.05) is 57.6 Å². The second-order valence-corrected chi connectivity index (χ2v) is 6.61. The van der Waals surface area contributed by atoms with E-state index >= 15 is 0 Å². The molecule has 1 amide bonds. The molecule has 0 saturated carbocycles. The molecule has 1 saturated heterocycles. The zero-order chi connectivity index (χ0) is 18.4. The molecule has 2 aromatic rings. The molecule has 7 nitrogen and oxygen atoms in total. The predicted molar refractivity (Wildman–Crippen MR) is 97.7 cm³/mol. The predicted octanol–water partition coefficient (Wildman–Crippen LogP) is 0.987. The highest BCUT2D eigenvalue weighted by molar-refractivity contribution is 5.73. The molecular formula is C19H26N4O3. The van der Waals surface area contributed by atoms with Crippen LogP contribution in [0, 0.1) is 0 Å². The van der Waals surface area contributed by atoms with Crippen molar-refractivity contribution in [3.63, 3.8) is 0 Å². The van der Waals surface area contributed by atoms with Crippen LogP contribution in [0.2, 0.25) is 0 Å². The Labute approximate surface area is 153 Å². The van der Waals surface area contributed by atoms with Gasteiger partial charge in [0.05, 0.1) is 19.0 Å². The molecule has 0 bridgehead atoms. The largest absolute Gasteiger partial charge is 0.491 e. The molecule has 26 heavy (non-hydrogen) atoms. The molecule has 1 N–H and O–H groups in total. The average Bonchev–Trinajstić information content (AvgIpc) is 3.05. The molecule has 140 valence electrons. The van der Waals surface area contributed by atoms with Gasteiger partial charge in [-0.1, -0.05) is 18.2 Å². The number of aliphatic hydroxyl groups excluding tert-OH is 1. The molecule has 1 aliphatic heterocycles. The van der Waals surface area contributed by atoms with Crippen LogP contribution in [0.15, 0.2) is 43.0 Å². The molecular weight excluding hydrogens is 332 g/mol. The zero-order valence-electron chi connectivity index (χ0n) is 15.1. The third kappa shape index (κ3) is 5.06. The van der Waals surface area contributed by atoms with Crippen LogP contribution in [-0.4, -0.2) is 69.3 Å². The van der Waals surface area contributed by atoms with Crippen molar-refractivity contribution in [1.29, 1.82) is 0 Å². The monoisotopic (exact) mass is 358 g/mol. The number of benzene rings is 1. The Morgan fingerprint density at radius 3 is 2.92 bits per heavy atom. The summed E-state index contributed by atoms with van der Waals surface area (Å²) in [5, 5.41) is 10.2. The number of β-amino-alcohol motifs (C(OH)–C–C–N with tert-alkyl or cyclic N) is 1. The lowest BCUT2D eigenvalue weighted by atomic mass is 10.2. The van der Waals surface area contributed by atoms with E-state index in [2.05, 4.69) is 9.88 Å². The summed E-state index contributed by atoms with van der Waals surface area (Å²) in [7, 11) is 0. The lowest BCUT2D eigenvalue weighted by Crippen LogP contribution is -2.36. The number of aliphatic hydroxyl groups is 1. The fourth-order valence-corrected chi connectivity index (χ4v) is 3.18. The molecule has 1 aromatic carbocycles. The van der Waals surface area contributed by atoms with Crippen molar-refractivity contribution in [3.05, 3.63) is 48.5 Å². The van der Waals surface area contributed by atoms with Crippen molar-refractivity contribution < 1.29 is 14.6 Å². The lowest BCUT2D eigenvalue weighted by Gasteiger charge is -2.22. The van der Waals surface area contributed by atoms with Crippen LogP contribution < -0.4 is 4.74 Å². The Morgan fingerprint density at radius 1 is 1.31 bits per heavy atom. The summed E-state index contributed by atoms with van der Waals surface area (Å²) in [6.45, 7) is 5.85. The molecule has 1 fully saturated rings. The van der Waals surface area contributed by atoms with Gasteiger partial charge in [-0.15, -0.1) is 0 Å². The van der Waals surface area contributed by atoms with Crippen molar-refractivity contribution in [2.75, 3.05) is 32.8 Å². The summed E-state index contributed by atoms with van der Waals surface area (Å²) in [5.74, 6) is 0.865. The smallest absolute Gasteiger partial charge is 0.219 e. The summed E-state index contributed by atoms with van der Waals surface area (Å²) in [6.07, 6.45) is 4.91. The molecule has 3 rings (SSSR count). The highest BCUT2D eigenvalue weighted by atomic mass is 16.5. The second-order valence-electron chi connectivity index (χ2n) is 6.61. The van der Waals surface area contributed by atoms with E-state index in [1.54, 1.807) is 24.3 Å². The molecule has 1 aliphatic rings. The van der Waals surface area contributed by atoms with Gasteiger partial charge in [-0.05, 0) is 6.07 Å². The van der Waals surface area contributed by atoms with Gasteiger partial charge >= 0.3 is 0 Å². The van der Waals surface area contributed by atoms with Crippen LogP contribution in [0.3, 0.4) is 0 Å².